The molecule has 6 heteroatoms. The zero-order valence-electron chi connectivity index (χ0n) is 11.6. The molecule has 0 aromatic heterocycles. The molecule has 1 N–H and O–H groups in total. The minimum atomic E-state index is -0.845. The summed E-state index contributed by atoms with van der Waals surface area (Å²) in [5, 5.41) is 8.94. The van der Waals surface area contributed by atoms with Crippen LogP contribution in [0, 0.1) is 5.92 Å². The summed E-state index contributed by atoms with van der Waals surface area (Å²) < 4.78 is 6.12. The van der Waals surface area contributed by atoms with Crippen molar-refractivity contribution in [3.63, 3.8) is 0 Å². The monoisotopic (exact) mass is 353 g/mol. The fourth-order valence-corrected chi connectivity index (χ4v) is 2.64. The Balaban J connectivity index is 2.06. The van der Waals surface area contributed by atoms with E-state index in [1.807, 2.05) is 18.2 Å². The minimum absolute atomic E-state index is 0.180. The second kappa shape index (κ2) is 6.76. The number of carbonyl (C=O) groups excluding carboxylic acids is 1. The van der Waals surface area contributed by atoms with E-state index < -0.39 is 11.9 Å². The molecule has 1 heterocycles. The summed E-state index contributed by atoms with van der Waals surface area (Å²) in [7, 11) is 1.57. The molecule has 0 aliphatic carbocycles. The van der Waals surface area contributed by atoms with Gasteiger partial charge in [0.15, 0.2) is 0 Å². The molecule has 1 aromatic carbocycles. The Hall–Kier alpha value is -1.82. The van der Waals surface area contributed by atoms with Crippen LogP contribution in [0.15, 0.2) is 28.7 Å². The Bertz CT molecular complexity index is 585. The van der Waals surface area contributed by atoms with Gasteiger partial charge >= 0.3 is 5.97 Å². The highest BCUT2D eigenvalue weighted by molar-refractivity contribution is 9.10. The molecule has 5 nitrogen and oxygen atoms in total. The predicted octanol–water partition coefficient (Wildman–Crippen LogP) is 2.40. The first-order valence-corrected chi connectivity index (χ1v) is 7.34. The lowest BCUT2D eigenvalue weighted by Gasteiger charge is -2.13. The van der Waals surface area contributed by atoms with Gasteiger partial charge in [-0.15, -0.1) is 0 Å². The lowest BCUT2D eigenvalue weighted by atomic mass is 10.1. The van der Waals surface area contributed by atoms with Crippen molar-refractivity contribution in [3.8, 4) is 5.75 Å². The van der Waals surface area contributed by atoms with Gasteiger partial charge < -0.3 is 14.7 Å². The van der Waals surface area contributed by atoms with Crippen LogP contribution in [0.2, 0.25) is 0 Å². The lowest BCUT2D eigenvalue weighted by Crippen LogP contribution is -2.28. The largest absolute Gasteiger partial charge is 0.496 e. The molecule has 0 saturated carbocycles. The van der Waals surface area contributed by atoms with Crippen LogP contribution < -0.4 is 4.74 Å². The van der Waals surface area contributed by atoms with Gasteiger partial charge in [0.2, 0.25) is 5.91 Å². The van der Waals surface area contributed by atoms with Crippen molar-refractivity contribution in [1.82, 2.24) is 4.90 Å². The van der Waals surface area contributed by atoms with Gasteiger partial charge in [-0.05, 0) is 30.7 Å². The van der Waals surface area contributed by atoms with Gasteiger partial charge in [0.25, 0.3) is 0 Å². The number of aliphatic carboxylic acids is 1. The predicted molar refractivity (Wildman–Crippen MR) is 82.1 cm³/mol. The Kier molecular flexibility index (Phi) is 5.01. The van der Waals surface area contributed by atoms with Gasteiger partial charge in [0.05, 0.1) is 13.0 Å². The van der Waals surface area contributed by atoms with Crippen molar-refractivity contribution >= 4 is 33.9 Å². The van der Waals surface area contributed by atoms with Crippen molar-refractivity contribution in [1.29, 1.82) is 0 Å². The topological polar surface area (TPSA) is 66.8 Å². The summed E-state index contributed by atoms with van der Waals surface area (Å²) in [6.07, 6.45) is 3.64. The van der Waals surface area contributed by atoms with Crippen molar-refractivity contribution in [3.05, 3.63) is 34.3 Å². The van der Waals surface area contributed by atoms with Gasteiger partial charge in [-0.3, -0.25) is 9.59 Å². The molecule has 2 rings (SSSR count). The van der Waals surface area contributed by atoms with E-state index >= 15 is 0 Å². The first kappa shape index (κ1) is 15.6. The molecule has 1 amide bonds. The average Bonchev–Trinajstić information content (AvgIpc) is 2.95. The molecule has 112 valence electrons. The first-order chi connectivity index (χ1) is 10.0. The van der Waals surface area contributed by atoms with E-state index in [1.54, 1.807) is 18.1 Å². The normalized spacial score (nSPS) is 18.2. The van der Waals surface area contributed by atoms with E-state index in [2.05, 4.69) is 15.9 Å². The Morgan fingerprint density at radius 1 is 1.48 bits per heavy atom. The number of rotatable bonds is 4. The maximum Gasteiger partial charge on any atom is 0.308 e. The van der Waals surface area contributed by atoms with E-state index in [4.69, 9.17) is 9.84 Å². The summed E-state index contributed by atoms with van der Waals surface area (Å²) in [6.45, 7) is 0.754. The summed E-state index contributed by atoms with van der Waals surface area (Å²) in [4.78, 5) is 24.5. The molecule has 21 heavy (non-hydrogen) atoms. The van der Waals surface area contributed by atoms with Crippen molar-refractivity contribution in [2.45, 2.75) is 6.42 Å². The number of hydrogen-bond donors (Lipinski definition) is 1. The second-order valence-electron chi connectivity index (χ2n) is 4.83. The van der Waals surface area contributed by atoms with Crippen LogP contribution in [0.5, 0.6) is 5.75 Å². The highest BCUT2D eigenvalue weighted by atomic mass is 79.9. The standard InChI is InChI=1S/C15H16BrNO4/c1-21-13-4-3-12(16)8-10(13)2-5-14(18)17-7-6-11(9-17)15(19)20/h2-5,8,11H,6-7,9H2,1H3,(H,19,20). The van der Waals surface area contributed by atoms with Crippen LogP contribution in [0.25, 0.3) is 6.08 Å². The molecule has 0 spiro atoms. The number of ether oxygens (including phenoxy) is 1. The Labute approximate surface area is 131 Å². The highest BCUT2D eigenvalue weighted by Gasteiger charge is 2.29. The van der Waals surface area contributed by atoms with Crippen LogP contribution in [-0.4, -0.2) is 42.1 Å². The number of methoxy groups -OCH3 is 1. The SMILES string of the molecule is COc1ccc(Br)cc1C=CC(=O)N1CCC(C(=O)O)C1. The van der Waals surface area contributed by atoms with E-state index in [0.29, 0.717) is 18.7 Å². The number of benzene rings is 1. The van der Waals surface area contributed by atoms with Crippen LogP contribution in [0.1, 0.15) is 12.0 Å². The Morgan fingerprint density at radius 3 is 2.86 bits per heavy atom. The molecule has 1 aromatic rings. The maximum absolute atomic E-state index is 12.1. The van der Waals surface area contributed by atoms with Crippen molar-refractivity contribution < 1.29 is 19.4 Å². The summed E-state index contributed by atoms with van der Waals surface area (Å²) >= 11 is 3.37. The molecule has 1 aliphatic rings. The van der Waals surface area contributed by atoms with E-state index in [9.17, 15) is 9.59 Å². The molecule has 1 aliphatic heterocycles. The van der Waals surface area contributed by atoms with Crippen LogP contribution in [-0.2, 0) is 9.59 Å². The van der Waals surface area contributed by atoms with Crippen LogP contribution in [0.3, 0.4) is 0 Å². The van der Waals surface area contributed by atoms with E-state index in [1.165, 1.54) is 6.08 Å². The fourth-order valence-electron chi connectivity index (χ4n) is 2.26. The average molecular weight is 354 g/mol. The molecular weight excluding hydrogens is 338 g/mol. The van der Waals surface area contributed by atoms with Gasteiger partial charge in [0, 0.05) is 29.2 Å². The van der Waals surface area contributed by atoms with E-state index in [0.717, 1.165) is 10.0 Å². The molecule has 1 fully saturated rings. The number of likely N-dealkylation sites (tertiary alicyclic amines) is 1. The van der Waals surface area contributed by atoms with Crippen LogP contribution >= 0.6 is 15.9 Å². The fraction of sp³-hybridized carbons (Fsp3) is 0.333. The zero-order valence-corrected chi connectivity index (χ0v) is 13.2. The van der Waals surface area contributed by atoms with E-state index in [-0.39, 0.29) is 12.5 Å². The van der Waals surface area contributed by atoms with Gasteiger partial charge in [-0.2, -0.15) is 0 Å². The summed E-state index contributed by atoms with van der Waals surface area (Å²) in [5.74, 6) is -0.807. The van der Waals surface area contributed by atoms with Crippen molar-refractivity contribution in [2.24, 2.45) is 5.92 Å². The quantitative estimate of drug-likeness (QED) is 0.844. The second-order valence-corrected chi connectivity index (χ2v) is 5.74. The lowest BCUT2D eigenvalue weighted by molar-refractivity contribution is -0.141. The number of amides is 1. The number of hydrogen-bond acceptors (Lipinski definition) is 3. The van der Waals surface area contributed by atoms with Gasteiger partial charge in [-0.25, -0.2) is 0 Å². The summed E-state index contributed by atoms with van der Waals surface area (Å²) in [5.41, 5.74) is 0.786. The summed E-state index contributed by atoms with van der Waals surface area (Å²) in [6, 6.07) is 5.52. The number of carboxylic acids is 1. The Morgan fingerprint density at radius 2 is 2.24 bits per heavy atom. The zero-order chi connectivity index (χ0) is 15.4. The van der Waals surface area contributed by atoms with Gasteiger partial charge in [0.1, 0.15) is 5.75 Å². The third-order valence-corrected chi connectivity index (χ3v) is 3.94. The molecule has 1 atom stereocenters. The van der Waals surface area contributed by atoms with Crippen LogP contribution in [0.4, 0.5) is 0 Å². The third-order valence-electron chi connectivity index (χ3n) is 3.45. The molecule has 0 radical (unpaired) electrons. The highest BCUT2D eigenvalue weighted by Crippen LogP contribution is 2.24. The van der Waals surface area contributed by atoms with Crippen molar-refractivity contribution in [2.75, 3.05) is 20.2 Å². The number of nitrogens with zero attached hydrogens (tertiary/aromatic N) is 1. The minimum Gasteiger partial charge on any atom is -0.496 e. The third kappa shape index (κ3) is 3.85. The molecular formula is C15H16BrNO4. The van der Waals surface area contributed by atoms with Gasteiger partial charge in [-0.1, -0.05) is 15.9 Å². The first-order valence-electron chi connectivity index (χ1n) is 6.54. The smallest absolute Gasteiger partial charge is 0.308 e. The maximum atomic E-state index is 12.1. The molecule has 1 unspecified atom stereocenters. The number of carboxylic acid groups (broad SMARTS) is 1. The number of carbonyl (C=O) groups is 2. The molecule has 1 saturated heterocycles. The number of halogens is 1. The molecule has 0 bridgehead atoms.